The average Bonchev–Trinajstić information content (AvgIpc) is 2.13. The fraction of sp³-hybridized carbons (Fsp3) is 0.875. The van der Waals surface area contributed by atoms with E-state index in [2.05, 4.69) is 87.4 Å². The second-order valence-corrected chi connectivity index (χ2v) is 13.7. The van der Waals surface area contributed by atoms with E-state index in [9.17, 15) is 0 Å². The van der Waals surface area contributed by atoms with Crippen molar-refractivity contribution in [3.8, 4) is 0 Å². The molecule has 19 heavy (non-hydrogen) atoms. The third-order valence-electron chi connectivity index (χ3n) is 3.95. The van der Waals surface area contributed by atoms with Crippen LogP contribution in [0.25, 0.3) is 0 Å². The van der Waals surface area contributed by atoms with E-state index in [0.717, 1.165) is 6.42 Å². The van der Waals surface area contributed by atoms with E-state index in [1.807, 2.05) is 0 Å². The lowest BCUT2D eigenvalue weighted by molar-refractivity contribution is 0.204. The van der Waals surface area contributed by atoms with E-state index in [0.29, 0.717) is 11.5 Å². The molecule has 0 aliphatic rings. The normalized spacial score (nSPS) is 16.1. The Kier molecular flexibility index (Phi) is 7.86. The Morgan fingerprint density at radius 2 is 1.63 bits per heavy atom. The molecule has 0 saturated carbocycles. The first-order valence-electron chi connectivity index (χ1n) is 7.34. The zero-order valence-electron chi connectivity index (χ0n) is 14.1. The molecule has 0 rings (SSSR count). The van der Waals surface area contributed by atoms with Crippen molar-refractivity contribution in [2.75, 3.05) is 0 Å². The van der Waals surface area contributed by atoms with Crippen LogP contribution in [-0.2, 0) is 4.43 Å². The summed E-state index contributed by atoms with van der Waals surface area (Å²) in [4.78, 5) is 0. The third kappa shape index (κ3) is 8.51. The van der Waals surface area contributed by atoms with Crippen LogP contribution in [0.1, 0.15) is 60.8 Å². The Morgan fingerprint density at radius 1 is 1.11 bits per heavy atom. The van der Waals surface area contributed by atoms with Crippen molar-refractivity contribution < 1.29 is 4.43 Å². The standard InChI is InChI=1S/C16H33IOSi/c1-15(2,3)12-9-10-14(11-13-17)18-19(7,8)16(4,5)6/h11,13-14H,9-10,12H2,1-8H3. The highest BCUT2D eigenvalue weighted by Crippen LogP contribution is 2.38. The molecule has 1 nitrogen and oxygen atoms in total. The van der Waals surface area contributed by atoms with E-state index in [4.69, 9.17) is 4.43 Å². The van der Waals surface area contributed by atoms with Gasteiger partial charge in [-0.25, -0.2) is 0 Å². The summed E-state index contributed by atoms with van der Waals surface area (Å²) in [6, 6.07) is 0. The molecular formula is C16H33IOSi. The molecule has 0 aromatic rings. The SMILES string of the molecule is CC(C)(C)CCCC(C=CI)O[Si](C)(C)C(C)(C)C. The highest BCUT2D eigenvalue weighted by atomic mass is 127. The van der Waals surface area contributed by atoms with E-state index in [1.165, 1.54) is 12.8 Å². The van der Waals surface area contributed by atoms with Crippen molar-refractivity contribution >= 4 is 30.9 Å². The van der Waals surface area contributed by atoms with E-state index >= 15 is 0 Å². The van der Waals surface area contributed by atoms with Gasteiger partial charge in [-0.05, 0) is 40.5 Å². The zero-order valence-corrected chi connectivity index (χ0v) is 17.3. The van der Waals surface area contributed by atoms with Crippen molar-refractivity contribution in [3.63, 3.8) is 0 Å². The summed E-state index contributed by atoms with van der Waals surface area (Å²) >= 11 is 2.30. The van der Waals surface area contributed by atoms with Gasteiger partial charge >= 0.3 is 0 Å². The van der Waals surface area contributed by atoms with Gasteiger partial charge in [-0.3, -0.25) is 0 Å². The van der Waals surface area contributed by atoms with Crippen LogP contribution in [0.5, 0.6) is 0 Å². The molecule has 0 spiro atoms. The Hall–Kier alpha value is 0.647. The second-order valence-electron chi connectivity index (χ2n) is 8.19. The maximum atomic E-state index is 6.50. The molecule has 0 heterocycles. The lowest BCUT2D eigenvalue weighted by atomic mass is 9.89. The Morgan fingerprint density at radius 3 is 2.00 bits per heavy atom. The van der Waals surface area contributed by atoms with Crippen LogP contribution in [0, 0.1) is 5.41 Å². The molecule has 1 unspecified atom stereocenters. The van der Waals surface area contributed by atoms with Gasteiger partial charge < -0.3 is 4.43 Å². The number of hydrogen-bond donors (Lipinski definition) is 0. The average molecular weight is 396 g/mol. The van der Waals surface area contributed by atoms with Gasteiger partial charge in [0, 0.05) is 0 Å². The predicted octanol–water partition coefficient (Wildman–Crippen LogP) is 6.54. The first kappa shape index (κ1) is 19.6. The van der Waals surface area contributed by atoms with Crippen molar-refractivity contribution in [2.24, 2.45) is 5.41 Å². The largest absolute Gasteiger partial charge is 0.411 e. The van der Waals surface area contributed by atoms with Crippen LogP contribution < -0.4 is 0 Å². The molecule has 0 bridgehead atoms. The maximum absolute atomic E-state index is 6.50. The van der Waals surface area contributed by atoms with Crippen LogP contribution in [0.3, 0.4) is 0 Å². The Balaban J connectivity index is 4.51. The molecular weight excluding hydrogens is 363 g/mol. The highest BCUT2D eigenvalue weighted by molar-refractivity contribution is 14.1. The fourth-order valence-corrected chi connectivity index (χ4v) is 3.43. The zero-order chi connectivity index (χ0) is 15.3. The van der Waals surface area contributed by atoms with Crippen LogP contribution in [0.4, 0.5) is 0 Å². The lowest BCUT2D eigenvalue weighted by Gasteiger charge is -2.38. The quantitative estimate of drug-likeness (QED) is 0.366. The van der Waals surface area contributed by atoms with Gasteiger partial charge in [0.05, 0.1) is 6.10 Å². The molecule has 0 aromatic carbocycles. The first-order valence-corrected chi connectivity index (χ1v) is 11.5. The molecule has 0 amide bonds. The highest BCUT2D eigenvalue weighted by Gasteiger charge is 2.38. The van der Waals surface area contributed by atoms with Crippen LogP contribution in [0.2, 0.25) is 18.1 Å². The summed E-state index contributed by atoms with van der Waals surface area (Å²) < 4.78 is 8.61. The van der Waals surface area contributed by atoms with Gasteiger partial charge in [0.1, 0.15) is 0 Å². The van der Waals surface area contributed by atoms with Crippen molar-refractivity contribution in [2.45, 2.75) is 85.0 Å². The second kappa shape index (κ2) is 7.60. The number of rotatable bonds is 6. The molecule has 114 valence electrons. The molecule has 3 heteroatoms. The van der Waals surface area contributed by atoms with E-state index in [-0.39, 0.29) is 5.04 Å². The number of halogens is 1. The summed E-state index contributed by atoms with van der Waals surface area (Å²) in [5.41, 5.74) is 0.426. The summed E-state index contributed by atoms with van der Waals surface area (Å²) in [7, 11) is -1.66. The minimum Gasteiger partial charge on any atom is -0.411 e. The first-order chi connectivity index (χ1) is 8.39. The topological polar surface area (TPSA) is 9.23 Å². The molecule has 0 aliphatic carbocycles. The fourth-order valence-electron chi connectivity index (χ4n) is 1.66. The van der Waals surface area contributed by atoms with Gasteiger partial charge in [-0.15, -0.1) is 0 Å². The summed E-state index contributed by atoms with van der Waals surface area (Å²) in [5, 5.41) is 0.286. The van der Waals surface area contributed by atoms with Gasteiger partial charge in [-0.2, -0.15) is 0 Å². The number of hydrogen-bond acceptors (Lipinski definition) is 1. The van der Waals surface area contributed by atoms with E-state index in [1.54, 1.807) is 0 Å². The summed E-state index contributed by atoms with van der Waals surface area (Å²) in [6.07, 6.45) is 6.16. The van der Waals surface area contributed by atoms with Gasteiger partial charge in [0.25, 0.3) is 0 Å². The molecule has 0 fully saturated rings. The van der Waals surface area contributed by atoms with Crippen molar-refractivity contribution in [1.29, 1.82) is 0 Å². The molecule has 0 radical (unpaired) electrons. The van der Waals surface area contributed by atoms with Crippen LogP contribution in [-0.4, -0.2) is 14.4 Å². The van der Waals surface area contributed by atoms with Crippen LogP contribution >= 0.6 is 22.6 Å². The van der Waals surface area contributed by atoms with Gasteiger partial charge in [0.15, 0.2) is 8.32 Å². The van der Waals surface area contributed by atoms with Crippen LogP contribution in [0.15, 0.2) is 10.2 Å². The third-order valence-corrected chi connectivity index (χ3v) is 8.87. The maximum Gasteiger partial charge on any atom is 0.192 e. The monoisotopic (exact) mass is 396 g/mol. The molecule has 0 saturated heterocycles. The smallest absolute Gasteiger partial charge is 0.192 e. The molecule has 0 aliphatic heterocycles. The molecule has 0 aromatic heterocycles. The predicted molar refractivity (Wildman–Crippen MR) is 98.5 cm³/mol. The van der Waals surface area contributed by atoms with Gasteiger partial charge in [0.2, 0.25) is 0 Å². The minimum atomic E-state index is -1.66. The van der Waals surface area contributed by atoms with Crippen molar-refractivity contribution in [1.82, 2.24) is 0 Å². The molecule has 1 atom stereocenters. The Labute approximate surface area is 135 Å². The Bertz CT molecular complexity index is 284. The van der Waals surface area contributed by atoms with Gasteiger partial charge in [-0.1, -0.05) is 76.6 Å². The van der Waals surface area contributed by atoms with Crippen molar-refractivity contribution in [3.05, 3.63) is 10.2 Å². The summed E-state index contributed by atoms with van der Waals surface area (Å²) in [5.74, 6) is 0. The lowest BCUT2D eigenvalue weighted by Crippen LogP contribution is -2.43. The summed E-state index contributed by atoms with van der Waals surface area (Å²) in [6.45, 7) is 18.5. The van der Waals surface area contributed by atoms with E-state index < -0.39 is 8.32 Å². The molecule has 0 N–H and O–H groups in total. The minimum absolute atomic E-state index is 0.286.